The molecule has 0 unspecified atom stereocenters. The number of ether oxygens (including phenoxy) is 1. The number of carbonyl (C=O) groups is 2. The highest BCUT2D eigenvalue weighted by Gasteiger charge is 2.22. The van der Waals surface area contributed by atoms with E-state index < -0.39 is 11.6 Å². The molecule has 0 radical (unpaired) electrons. The minimum atomic E-state index is -0.634. The summed E-state index contributed by atoms with van der Waals surface area (Å²) in [5.74, 6) is -0.585. The van der Waals surface area contributed by atoms with Gasteiger partial charge in [-0.1, -0.05) is 74.4 Å². The summed E-state index contributed by atoms with van der Waals surface area (Å²) >= 11 is 0. The molecule has 1 N–H and O–H groups in total. The van der Waals surface area contributed by atoms with E-state index in [9.17, 15) is 9.59 Å². The Kier molecular flexibility index (Phi) is 10.1. The van der Waals surface area contributed by atoms with Gasteiger partial charge in [0.15, 0.2) is 0 Å². The highest BCUT2D eigenvalue weighted by molar-refractivity contribution is 5.99. The van der Waals surface area contributed by atoms with Crippen LogP contribution < -0.4 is 5.32 Å². The Balaban J connectivity index is 1.73. The average Bonchev–Trinajstić information content (AvgIpc) is 3.16. The number of nitrogens with one attached hydrogen (secondary N) is 1. The van der Waals surface area contributed by atoms with Crippen molar-refractivity contribution in [3.63, 3.8) is 0 Å². The summed E-state index contributed by atoms with van der Waals surface area (Å²) < 4.78 is 7.71. The highest BCUT2D eigenvalue weighted by Crippen LogP contribution is 2.28. The van der Waals surface area contributed by atoms with Crippen molar-refractivity contribution in [2.75, 3.05) is 0 Å². The normalized spacial score (nSPS) is 11.9. The fourth-order valence-corrected chi connectivity index (χ4v) is 4.48. The largest absolute Gasteiger partial charge is 0.456 e. The zero-order valence-electron chi connectivity index (χ0n) is 25.8. The van der Waals surface area contributed by atoms with Crippen LogP contribution in [0.15, 0.2) is 115 Å². The van der Waals surface area contributed by atoms with E-state index in [1.54, 1.807) is 12.2 Å². The first-order chi connectivity index (χ1) is 19.7. The van der Waals surface area contributed by atoms with Crippen LogP contribution in [0.5, 0.6) is 0 Å². The lowest BCUT2D eigenvalue weighted by Crippen LogP contribution is -2.25. The topological polar surface area (TPSA) is 60.3 Å². The van der Waals surface area contributed by atoms with Crippen molar-refractivity contribution in [3.05, 3.63) is 143 Å². The van der Waals surface area contributed by atoms with E-state index in [0.717, 1.165) is 33.3 Å². The molecule has 0 atom stereocenters. The number of hydrogen-bond donors (Lipinski definition) is 1. The lowest BCUT2D eigenvalue weighted by molar-refractivity contribution is -0.149. The van der Waals surface area contributed by atoms with E-state index in [-0.39, 0.29) is 5.91 Å². The number of amides is 1. The molecule has 0 fully saturated rings. The molecule has 3 aromatic rings. The van der Waals surface area contributed by atoms with E-state index in [2.05, 4.69) is 50.0 Å². The number of aromatic nitrogens is 1. The Bertz CT molecular complexity index is 1620. The molecule has 1 amide bonds. The van der Waals surface area contributed by atoms with Crippen molar-refractivity contribution in [1.29, 1.82) is 0 Å². The fourth-order valence-electron chi connectivity index (χ4n) is 4.48. The van der Waals surface area contributed by atoms with Crippen molar-refractivity contribution < 1.29 is 14.3 Å². The molecule has 5 nitrogen and oxygen atoms in total. The molecule has 0 aliphatic rings. The van der Waals surface area contributed by atoms with Crippen LogP contribution in [-0.2, 0) is 22.6 Å². The standard InChI is InChI=1S/C37H42N2O3/c1-11-12-32(36(41)42-37(8,9)10)27(5)26(4)16-13-25(3)23-39-29(7)28(6)33-21-31(19-20-34(33)39)35(40)38-22-30-17-14-24(2)15-18-30/h11-21H,1,3-5,22-23H2,2,6-10H3,(H,38,40)/b16-13-,32-12+. The van der Waals surface area contributed by atoms with Crippen LogP contribution in [0.1, 0.15) is 53.5 Å². The summed E-state index contributed by atoms with van der Waals surface area (Å²) in [6.07, 6.45) is 6.79. The average molecular weight is 563 g/mol. The Morgan fingerprint density at radius 3 is 2.26 bits per heavy atom. The summed E-state index contributed by atoms with van der Waals surface area (Å²) in [7, 11) is 0. The summed E-state index contributed by atoms with van der Waals surface area (Å²) in [5, 5.41) is 4.05. The van der Waals surface area contributed by atoms with E-state index >= 15 is 0 Å². The van der Waals surface area contributed by atoms with Gasteiger partial charge < -0.3 is 14.6 Å². The first-order valence-corrected chi connectivity index (χ1v) is 14.0. The number of benzene rings is 2. The van der Waals surface area contributed by atoms with E-state index in [4.69, 9.17) is 4.74 Å². The predicted molar refractivity (Wildman–Crippen MR) is 174 cm³/mol. The van der Waals surface area contributed by atoms with Crippen LogP contribution >= 0.6 is 0 Å². The third-order valence-corrected chi connectivity index (χ3v) is 6.97. The van der Waals surface area contributed by atoms with Gasteiger partial charge in [-0.2, -0.15) is 0 Å². The number of nitrogens with zero attached hydrogens (tertiary/aromatic N) is 1. The molecule has 3 rings (SSSR count). The monoisotopic (exact) mass is 562 g/mol. The molecule has 218 valence electrons. The van der Waals surface area contributed by atoms with Crippen molar-refractivity contribution in [2.24, 2.45) is 0 Å². The quantitative estimate of drug-likeness (QED) is 0.146. The second-order valence-electron chi connectivity index (χ2n) is 11.5. The number of esters is 1. The highest BCUT2D eigenvalue weighted by atomic mass is 16.6. The van der Waals surface area contributed by atoms with Crippen molar-refractivity contribution in [1.82, 2.24) is 9.88 Å². The third kappa shape index (κ3) is 7.97. The molecule has 1 heterocycles. The Labute approximate surface area is 250 Å². The van der Waals surface area contributed by atoms with E-state index in [0.29, 0.717) is 35.4 Å². The van der Waals surface area contributed by atoms with Gasteiger partial charge in [-0.15, -0.1) is 0 Å². The van der Waals surface area contributed by atoms with Crippen LogP contribution in [0.4, 0.5) is 0 Å². The van der Waals surface area contributed by atoms with Crippen molar-refractivity contribution in [3.8, 4) is 0 Å². The molecule has 0 aliphatic carbocycles. The first-order valence-electron chi connectivity index (χ1n) is 14.0. The first kappa shape index (κ1) is 31.9. The number of hydrogen-bond acceptors (Lipinski definition) is 3. The maximum absolute atomic E-state index is 12.9. The second-order valence-corrected chi connectivity index (χ2v) is 11.5. The molecule has 2 aromatic carbocycles. The SMILES string of the molecule is C=C/C=C(\C(=C)C(=C)/C=C\C(=C)Cn1c(C)c(C)c2cc(C(=O)NCc3ccc(C)cc3)ccc21)C(=O)OC(C)(C)C. The second kappa shape index (κ2) is 13.3. The van der Waals surface area contributed by atoms with Crippen LogP contribution in [0.25, 0.3) is 10.9 Å². The number of rotatable bonds is 11. The molecule has 5 heteroatoms. The number of fused-ring (bicyclic) bond motifs is 1. The molecule has 1 aromatic heterocycles. The van der Waals surface area contributed by atoms with Gasteiger partial charge in [-0.3, -0.25) is 4.79 Å². The van der Waals surface area contributed by atoms with Crippen molar-refractivity contribution in [2.45, 2.75) is 60.2 Å². The molecule has 0 saturated carbocycles. The fraction of sp³-hybridized carbons (Fsp3) is 0.243. The zero-order valence-corrected chi connectivity index (χ0v) is 25.8. The van der Waals surface area contributed by atoms with Crippen LogP contribution in [0.3, 0.4) is 0 Å². The maximum Gasteiger partial charge on any atom is 0.339 e. The lowest BCUT2D eigenvalue weighted by Gasteiger charge is -2.21. The molecular weight excluding hydrogens is 520 g/mol. The molecule has 0 aliphatic heterocycles. The van der Waals surface area contributed by atoms with Crippen LogP contribution in [-0.4, -0.2) is 22.0 Å². The summed E-state index contributed by atoms with van der Waals surface area (Å²) in [6.45, 7) is 28.8. The Morgan fingerprint density at radius 1 is 0.976 bits per heavy atom. The van der Waals surface area contributed by atoms with E-state index in [1.165, 1.54) is 11.6 Å². The van der Waals surface area contributed by atoms with Gasteiger partial charge in [0.05, 0.1) is 5.57 Å². The smallest absolute Gasteiger partial charge is 0.339 e. The summed E-state index contributed by atoms with van der Waals surface area (Å²) in [5.41, 5.74) is 7.65. The summed E-state index contributed by atoms with van der Waals surface area (Å²) in [4.78, 5) is 25.6. The maximum atomic E-state index is 12.9. The molecular formula is C37H42N2O3. The molecule has 0 bridgehead atoms. The minimum absolute atomic E-state index is 0.107. The van der Waals surface area contributed by atoms with Gasteiger partial charge in [0, 0.05) is 35.2 Å². The van der Waals surface area contributed by atoms with E-state index in [1.807, 2.05) is 76.2 Å². The van der Waals surface area contributed by atoms with Crippen LogP contribution in [0.2, 0.25) is 0 Å². The lowest BCUT2D eigenvalue weighted by atomic mass is 9.99. The summed E-state index contributed by atoms with van der Waals surface area (Å²) in [6, 6.07) is 13.9. The zero-order chi connectivity index (χ0) is 31.2. The van der Waals surface area contributed by atoms with Crippen LogP contribution in [0, 0.1) is 20.8 Å². The number of allylic oxidation sites excluding steroid dienone is 6. The van der Waals surface area contributed by atoms with Gasteiger partial charge >= 0.3 is 5.97 Å². The molecule has 0 saturated heterocycles. The van der Waals surface area contributed by atoms with Gasteiger partial charge in [-0.25, -0.2) is 4.79 Å². The Morgan fingerprint density at radius 2 is 1.64 bits per heavy atom. The van der Waals surface area contributed by atoms with Gasteiger partial charge in [-0.05, 0) is 93.7 Å². The number of aryl methyl sites for hydroxylation is 2. The van der Waals surface area contributed by atoms with Gasteiger partial charge in [0.25, 0.3) is 5.91 Å². The number of carbonyl (C=O) groups excluding carboxylic acids is 2. The molecule has 0 spiro atoms. The van der Waals surface area contributed by atoms with Gasteiger partial charge in [0.1, 0.15) is 5.60 Å². The van der Waals surface area contributed by atoms with Crippen molar-refractivity contribution >= 4 is 22.8 Å². The predicted octanol–water partition coefficient (Wildman–Crippen LogP) is 8.18. The van der Waals surface area contributed by atoms with Gasteiger partial charge in [0.2, 0.25) is 0 Å². The minimum Gasteiger partial charge on any atom is -0.456 e. The Hall–Kier alpha value is -4.64. The third-order valence-electron chi connectivity index (χ3n) is 6.97. The molecule has 42 heavy (non-hydrogen) atoms.